The van der Waals surface area contributed by atoms with Gasteiger partial charge < -0.3 is 10.4 Å². The number of rotatable bonds is 5. The van der Waals surface area contributed by atoms with E-state index in [1.54, 1.807) is 30.3 Å². The minimum absolute atomic E-state index is 0.0817. The number of hydrogen-bond acceptors (Lipinski definition) is 5. The average Bonchev–Trinajstić information content (AvgIpc) is 2.70. The molecule has 3 aromatic rings. The summed E-state index contributed by atoms with van der Waals surface area (Å²) in [4.78, 5) is 42.7. The van der Waals surface area contributed by atoms with E-state index in [0.717, 1.165) is 5.39 Å². The summed E-state index contributed by atoms with van der Waals surface area (Å²) in [7, 11) is 0. The first-order valence-corrected chi connectivity index (χ1v) is 8.88. The van der Waals surface area contributed by atoms with Crippen LogP contribution < -0.4 is 5.32 Å². The second-order valence-electron chi connectivity index (χ2n) is 6.49. The summed E-state index contributed by atoms with van der Waals surface area (Å²) in [6.07, 6.45) is 1.84. The number of pyridine rings is 1. The van der Waals surface area contributed by atoms with Gasteiger partial charge in [0.05, 0.1) is 0 Å². The Bertz CT molecular complexity index is 1060. The molecular formula is C21H17N3O4. The molecule has 4 rings (SSSR count). The van der Waals surface area contributed by atoms with Crippen LogP contribution in [0.4, 0.5) is 5.82 Å². The zero-order valence-electron chi connectivity index (χ0n) is 14.9. The third-order valence-corrected chi connectivity index (χ3v) is 4.69. The maximum atomic E-state index is 12.8. The van der Waals surface area contributed by atoms with Crippen molar-refractivity contribution in [2.75, 3.05) is 11.9 Å². The summed E-state index contributed by atoms with van der Waals surface area (Å²) in [5.41, 5.74) is 0.992. The Morgan fingerprint density at radius 2 is 1.68 bits per heavy atom. The van der Waals surface area contributed by atoms with E-state index < -0.39 is 0 Å². The number of hydrogen-bond donors (Lipinski definition) is 2. The van der Waals surface area contributed by atoms with E-state index in [-0.39, 0.29) is 42.3 Å². The number of anilines is 1. The first-order chi connectivity index (χ1) is 13.6. The molecule has 2 aromatic carbocycles. The number of benzene rings is 2. The van der Waals surface area contributed by atoms with Crippen LogP contribution in [-0.4, -0.2) is 39.3 Å². The van der Waals surface area contributed by atoms with Crippen LogP contribution in [0.3, 0.4) is 0 Å². The van der Waals surface area contributed by atoms with Crippen molar-refractivity contribution in [1.82, 2.24) is 9.88 Å². The molecule has 3 amide bonds. The van der Waals surface area contributed by atoms with Crippen LogP contribution in [0.2, 0.25) is 0 Å². The number of carbonyl (C=O) groups is 3. The summed E-state index contributed by atoms with van der Waals surface area (Å²) in [5, 5.41) is 13.7. The zero-order valence-corrected chi connectivity index (χ0v) is 14.9. The fourth-order valence-electron chi connectivity index (χ4n) is 3.37. The summed E-state index contributed by atoms with van der Waals surface area (Å²) >= 11 is 0. The minimum atomic E-state index is -0.353. The molecule has 0 saturated carbocycles. The van der Waals surface area contributed by atoms with Gasteiger partial charge in [0.25, 0.3) is 11.8 Å². The van der Waals surface area contributed by atoms with Crippen molar-refractivity contribution in [3.05, 3.63) is 65.9 Å². The smallest absolute Gasteiger partial charge is 0.261 e. The lowest BCUT2D eigenvalue weighted by molar-refractivity contribution is -0.116. The van der Waals surface area contributed by atoms with Crippen molar-refractivity contribution >= 4 is 34.3 Å². The number of nitrogens with zero attached hydrogens (tertiary/aromatic N) is 2. The lowest BCUT2D eigenvalue weighted by atomic mass is 9.94. The highest BCUT2D eigenvalue weighted by molar-refractivity contribution is 6.25. The highest BCUT2D eigenvalue weighted by atomic mass is 16.3. The SMILES string of the molecule is O=C(CCCN1C(=O)c2cccc3cccc(c23)C1=O)Nc1ncccc1O. The summed E-state index contributed by atoms with van der Waals surface area (Å²) < 4.78 is 0. The largest absolute Gasteiger partial charge is 0.504 e. The van der Waals surface area contributed by atoms with Crippen molar-refractivity contribution in [3.63, 3.8) is 0 Å². The number of aromatic nitrogens is 1. The van der Waals surface area contributed by atoms with E-state index in [1.807, 2.05) is 12.1 Å². The third kappa shape index (κ3) is 3.07. The molecule has 0 bridgehead atoms. The van der Waals surface area contributed by atoms with Crippen molar-refractivity contribution < 1.29 is 19.5 Å². The number of aromatic hydroxyl groups is 1. The van der Waals surface area contributed by atoms with E-state index >= 15 is 0 Å². The monoisotopic (exact) mass is 375 g/mol. The van der Waals surface area contributed by atoms with E-state index in [9.17, 15) is 19.5 Å². The summed E-state index contributed by atoms with van der Waals surface area (Å²) in [5.74, 6) is -1.09. The van der Waals surface area contributed by atoms with Gasteiger partial charge in [-0.15, -0.1) is 0 Å². The Hall–Kier alpha value is -3.74. The van der Waals surface area contributed by atoms with Gasteiger partial charge in [-0.25, -0.2) is 4.98 Å². The van der Waals surface area contributed by atoms with Crippen LogP contribution in [0.5, 0.6) is 5.75 Å². The molecule has 2 heterocycles. The molecule has 1 aromatic heterocycles. The molecule has 140 valence electrons. The highest BCUT2D eigenvalue weighted by Crippen LogP contribution is 2.30. The number of amides is 3. The number of carbonyl (C=O) groups excluding carboxylic acids is 3. The Morgan fingerprint density at radius 1 is 1.00 bits per heavy atom. The Balaban J connectivity index is 1.45. The number of imide groups is 1. The van der Waals surface area contributed by atoms with E-state index in [4.69, 9.17) is 0 Å². The Morgan fingerprint density at radius 3 is 2.32 bits per heavy atom. The maximum Gasteiger partial charge on any atom is 0.261 e. The van der Waals surface area contributed by atoms with E-state index in [2.05, 4.69) is 10.3 Å². The normalized spacial score (nSPS) is 13.1. The standard InChI is InChI=1S/C21H17N3O4/c25-16-9-3-11-22-19(16)23-17(26)10-4-12-24-20(27)14-7-1-5-13-6-2-8-15(18(13)14)21(24)28/h1-3,5-9,11,25H,4,10,12H2,(H,22,23,26). The lowest BCUT2D eigenvalue weighted by Gasteiger charge is -2.27. The predicted molar refractivity (Wildman–Crippen MR) is 103 cm³/mol. The molecule has 0 atom stereocenters. The van der Waals surface area contributed by atoms with Crippen LogP contribution in [0, 0.1) is 0 Å². The molecule has 7 heteroatoms. The van der Waals surface area contributed by atoms with Crippen LogP contribution in [0.25, 0.3) is 10.8 Å². The molecule has 0 spiro atoms. The second kappa shape index (κ2) is 7.11. The maximum absolute atomic E-state index is 12.8. The fraction of sp³-hybridized carbons (Fsp3) is 0.143. The van der Waals surface area contributed by atoms with Gasteiger partial charge in [0.15, 0.2) is 11.6 Å². The van der Waals surface area contributed by atoms with Gasteiger partial charge in [0, 0.05) is 35.7 Å². The topological polar surface area (TPSA) is 99.6 Å². The van der Waals surface area contributed by atoms with Gasteiger partial charge in [-0.05, 0) is 36.1 Å². The van der Waals surface area contributed by atoms with Crippen LogP contribution in [0.1, 0.15) is 33.6 Å². The van der Waals surface area contributed by atoms with Crippen molar-refractivity contribution in [1.29, 1.82) is 0 Å². The predicted octanol–water partition coefficient (Wildman–Crippen LogP) is 2.96. The average molecular weight is 375 g/mol. The third-order valence-electron chi connectivity index (χ3n) is 4.69. The van der Waals surface area contributed by atoms with E-state index in [0.29, 0.717) is 22.9 Å². The van der Waals surface area contributed by atoms with Gasteiger partial charge in [0.1, 0.15) is 0 Å². The quantitative estimate of drug-likeness (QED) is 0.668. The Labute approximate surface area is 160 Å². The molecular weight excluding hydrogens is 358 g/mol. The van der Waals surface area contributed by atoms with Crippen LogP contribution in [0.15, 0.2) is 54.7 Å². The fourth-order valence-corrected chi connectivity index (χ4v) is 3.37. The molecule has 2 N–H and O–H groups in total. The molecule has 7 nitrogen and oxygen atoms in total. The second-order valence-corrected chi connectivity index (χ2v) is 6.49. The van der Waals surface area contributed by atoms with Gasteiger partial charge in [-0.1, -0.05) is 24.3 Å². The molecule has 0 radical (unpaired) electrons. The first-order valence-electron chi connectivity index (χ1n) is 8.88. The molecule has 1 aliphatic heterocycles. The van der Waals surface area contributed by atoms with Crippen molar-refractivity contribution in [2.24, 2.45) is 0 Å². The Kier molecular flexibility index (Phi) is 4.49. The molecule has 0 unspecified atom stereocenters. The molecule has 1 aliphatic rings. The lowest BCUT2D eigenvalue weighted by Crippen LogP contribution is -2.41. The van der Waals surface area contributed by atoms with Crippen molar-refractivity contribution in [3.8, 4) is 5.75 Å². The molecule has 28 heavy (non-hydrogen) atoms. The number of nitrogens with one attached hydrogen (secondary N) is 1. The van der Waals surface area contributed by atoms with Gasteiger partial charge >= 0.3 is 0 Å². The summed E-state index contributed by atoms with van der Waals surface area (Å²) in [6, 6.07) is 13.7. The van der Waals surface area contributed by atoms with Gasteiger partial charge in [0.2, 0.25) is 5.91 Å². The van der Waals surface area contributed by atoms with Gasteiger partial charge in [-0.2, -0.15) is 0 Å². The minimum Gasteiger partial charge on any atom is -0.504 e. The molecule has 0 saturated heterocycles. The van der Waals surface area contributed by atoms with Crippen molar-refractivity contribution in [2.45, 2.75) is 12.8 Å². The zero-order chi connectivity index (χ0) is 19.7. The van der Waals surface area contributed by atoms with E-state index in [1.165, 1.54) is 17.2 Å². The van der Waals surface area contributed by atoms with Gasteiger partial charge in [-0.3, -0.25) is 19.3 Å². The van der Waals surface area contributed by atoms with Crippen LogP contribution >= 0.6 is 0 Å². The highest BCUT2D eigenvalue weighted by Gasteiger charge is 2.32. The first kappa shape index (κ1) is 17.7. The molecule has 0 fully saturated rings. The summed E-state index contributed by atoms with van der Waals surface area (Å²) in [6.45, 7) is 0.129. The molecule has 0 aliphatic carbocycles. The van der Waals surface area contributed by atoms with Crippen LogP contribution in [-0.2, 0) is 4.79 Å².